The van der Waals surface area contributed by atoms with Crippen LogP contribution in [-0.4, -0.2) is 51.7 Å². The predicted octanol–water partition coefficient (Wildman–Crippen LogP) is 2.64. The van der Waals surface area contributed by atoms with Crippen molar-refractivity contribution in [2.75, 3.05) is 18.8 Å². The Bertz CT molecular complexity index is 613. The molecule has 0 atom stereocenters. The standard InChI is InChI=1S/C15H15ClN2O3S/c16-12-4-2-1-3-11(12)14(20)17-7-5-10(6-8-17)18-13(19)9-22-15(18)21/h1-4,10H,5-9H2. The maximum atomic E-state index is 12.5. The van der Waals surface area contributed by atoms with E-state index in [0.717, 1.165) is 11.8 Å². The van der Waals surface area contributed by atoms with E-state index >= 15 is 0 Å². The van der Waals surface area contributed by atoms with Crippen molar-refractivity contribution >= 4 is 40.4 Å². The Morgan fingerprint density at radius 2 is 1.86 bits per heavy atom. The molecule has 2 fully saturated rings. The molecule has 0 radical (unpaired) electrons. The quantitative estimate of drug-likeness (QED) is 0.831. The highest BCUT2D eigenvalue weighted by Gasteiger charge is 2.38. The average Bonchev–Trinajstić information content (AvgIpc) is 2.86. The molecule has 22 heavy (non-hydrogen) atoms. The molecule has 116 valence electrons. The first-order valence-corrected chi connectivity index (χ1v) is 8.47. The molecule has 2 saturated heterocycles. The van der Waals surface area contributed by atoms with Crippen LogP contribution in [0.15, 0.2) is 24.3 Å². The van der Waals surface area contributed by atoms with Gasteiger partial charge in [-0.3, -0.25) is 19.3 Å². The summed E-state index contributed by atoms with van der Waals surface area (Å²) in [7, 11) is 0. The minimum atomic E-state index is -0.166. The summed E-state index contributed by atoms with van der Waals surface area (Å²) in [4.78, 5) is 39.0. The molecule has 5 nitrogen and oxygen atoms in total. The first kappa shape index (κ1) is 15.4. The van der Waals surface area contributed by atoms with Crippen LogP contribution in [0.5, 0.6) is 0 Å². The number of hydrogen-bond donors (Lipinski definition) is 0. The van der Waals surface area contributed by atoms with Gasteiger partial charge in [-0.15, -0.1) is 0 Å². The summed E-state index contributed by atoms with van der Waals surface area (Å²) < 4.78 is 0. The summed E-state index contributed by atoms with van der Waals surface area (Å²) in [6.45, 7) is 1.05. The monoisotopic (exact) mass is 338 g/mol. The highest BCUT2D eigenvalue weighted by Crippen LogP contribution is 2.27. The molecule has 0 spiro atoms. The minimum Gasteiger partial charge on any atom is -0.338 e. The second kappa shape index (κ2) is 6.30. The second-order valence-electron chi connectivity index (χ2n) is 5.32. The molecule has 0 bridgehead atoms. The highest BCUT2D eigenvalue weighted by atomic mass is 35.5. The Hall–Kier alpha value is -1.53. The zero-order chi connectivity index (χ0) is 15.7. The molecule has 0 saturated carbocycles. The third-order valence-electron chi connectivity index (χ3n) is 4.01. The number of amides is 3. The van der Waals surface area contributed by atoms with Gasteiger partial charge in [0, 0.05) is 19.1 Å². The van der Waals surface area contributed by atoms with Gasteiger partial charge in [0.1, 0.15) is 0 Å². The molecule has 3 rings (SSSR count). The molecule has 1 aromatic rings. The smallest absolute Gasteiger partial charge is 0.289 e. The van der Waals surface area contributed by atoms with Crippen molar-refractivity contribution in [1.29, 1.82) is 0 Å². The first-order valence-electron chi connectivity index (χ1n) is 7.10. The molecule has 0 aliphatic carbocycles. The van der Waals surface area contributed by atoms with E-state index in [1.165, 1.54) is 4.90 Å². The van der Waals surface area contributed by atoms with Crippen molar-refractivity contribution in [2.45, 2.75) is 18.9 Å². The topological polar surface area (TPSA) is 57.7 Å². The summed E-state index contributed by atoms with van der Waals surface area (Å²) >= 11 is 7.11. The fourth-order valence-corrected chi connectivity index (χ4v) is 3.84. The van der Waals surface area contributed by atoms with Gasteiger partial charge < -0.3 is 4.90 Å². The van der Waals surface area contributed by atoms with Crippen LogP contribution < -0.4 is 0 Å². The van der Waals surface area contributed by atoms with E-state index in [0.29, 0.717) is 36.5 Å². The van der Waals surface area contributed by atoms with Crippen LogP contribution in [0.2, 0.25) is 5.02 Å². The molecular weight excluding hydrogens is 324 g/mol. The van der Waals surface area contributed by atoms with Crippen LogP contribution in [-0.2, 0) is 4.79 Å². The van der Waals surface area contributed by atoms with E-state index in [2.05, 4.69) is 0 Å². The lowest BCUT2D eigenvalue weighted by molar-refractivity contribution is -0.126. The molecule has 1 aromatic carbocycles. The van der Waals surface area contributed by atoms with Gasteiger partial charge in [0.15, 0.2) is 0 Å². The summed E-state index contributed by atoms with van der Waals surface area (Å²) in [6.07, 6.45) is 1.24. The fourth-order valence-electron chi connectivity index (χ4n) is 2.85. The third kappa shape index (κ3) is 2.85. The normalized spacial score (nSPS) is 19.9. The maximum Gasteiger partial charge on any atom is 0.289 e. The summed E-state index contributed by atoms with van der Waals surface area (Å²) in [5.41, 5.74) is 0.492. The molecule has 0 N–H and O–H groups in total. The summed E-state index contributed by atoms with van der Waals surface area (Å²) in [5.74, 6) is 0.0146. The number of likely N-dealkylation sites (tertiary alicyclic amines) is 1. The van der Waals surface area contributed by atoms with Gasteiger partial charge >= 0.3 is 0 Å². The molecule has 2 heterocycles. The van der Waals surface area contributed by atoms with Crippen LogP contribution in [0.1, 0.15) is 23.2 Å². The fraction of sp³-hybridized carbons (Fsp3) is 0.400. The number of piperidine rings is 1. The maximum absolute atomic E-state index is 12.5. The average molecular weight is 339 g/mol. The predicted molar refractivity (Wildman–Crippen MR) is 85.1 cm³/mol. The van der Waals surface area contributed by atoms with Crippen molar-refractivity contribution < 1.29 is 14.4 Å². The Morgan fingerprint density at radius 1 is 1.18 bits per heavy atom. The van der Waals surface area contributed by atoms with Gasteiger partial charge in [0.25, 0.3) is 11.1 Å². The molecule has 2 aliphatic rings. The van der Waals surface area contributed by atoms with Gasteiger partial charge in [0.2, 0.25) is 5.91 Å². The number of thioether (sulfide) groups is 1. The van der Waals surface area contributed by atoms with Crippen LogP contribution in [0.4, 0.5) is 4.79 Å². The Kier molecular flexibility index (Phi) is 4.40. The molecule has 3 amide bonds. The van der Waals surface area contributed by atoms with E-state index < -0.39 is 0 Å². The van der Waals surface area contributed by atoms with E-state index in [4.69, 9.17) is 11.6 Å². The number of carbonyl (C=O) groups is 3. The largest absolute Gasteiger partial charge is 0.338 e. The summed E-state index contributed by atoms with van der Waals surface area (Å²) in [6, 6.07) is 6.88. The van der Waals surface area contributed by atoms with E-state index in [-0.39, 0.29) is 28.8 Å². The van der Waals surface area contributed by atoms with Gasteiger partial charge in [-0.05, 0) is 25.0 Å². The van der Waals surface area contributed by atoms with Crippen LogP contribution in [0.3, 0.4) is 0 Å². The zero-order valence-electron chi connectivity index (χ0n) is 11.8. The molecule has 0 aromatic heterocycles. The van der Waals surface area contributed by atoms with Crippen molar-refractivity contribution in [3.8, 4) is 0 Å². The lowest BCUT2D eigenvalue weighted by Gasteiger charge is -2.35. The van der Waals surface area contributed by atoms with Gasteiger partial charge in [0.05, 0.1) is 16.3 Å². The molecular formula is C15H15ClN2O3S. The number of carbonyl (C=O) groups excluding carboxylic acids is 3. The van der Waals surface area contributed by atoms with Crippen molar-refractivity contribution in [3.63, 3.8) is 0 Å². The minimum absolute atomic E-state index is 0.0923. The third-order valence-corrected chi connectivity index (χ3v) is 5.17. The van der Waals surface area contributed by atoms with Crippen molar-refractivity contribution in [1.82, 2.24) is 9.80 Å². The zero-order valence-corrected chi connectivity index (χ0v) is 13.4. The lowest BCUT2D eigenvalue weighted by Crippen LogP contribution is -2.48. The number of rotatable bonds is 2. The van der Waals surface area contributed by atoms with E-state index in [9.17, 15) is 14.4 Å². The van der Waals surface area contributed by atoms with Gasteiger partial charge in [-0.1, -0.05) is 35.5 Å². The second-order valence-corrected chi connectivity index (χ2v) is 6.66. The lowest BCUT2D eigenvalue weighted by atomic mass is 10.0. The molecule has 7 heteroatoms. The van der Waals surface area contributed by atoms with Gasteiger partial charge in [-0.25, -0.2) is 0 Å². The van der Waals surface area contributed by atoms with Crippen LogP contribution in [0.25, 0.3) is 0 Å². The Balaban J connectivity index is 1.65. The Morgan fingerprint density at radius 3 is 2.45 bits per heavy atom. The van der Waals surface area contributed by atoms with Crippen molar-refractivity contribution in [2.24, 2.45) is 0 Å². The highest BCUT2D eigenvalue weighted by molar-refractivity contribution is 8.14. The van der Waals surface area contributed by atoms with Crippen LogP contribution >= 0.6 is 23.4 Å². The van der Waals surface area contributed by atoms with Crippen LogP contribution in [0, 0.1) is 0 Å². The number of imide groups is 1. The summed E-state index contributed by atoms with van der Waals surface area (Å²) in [5, 5.41) is 0.275. The number of benzene rings is 1. The molecule has 0 unspecified atom stereocenters. The van der Waals surface area contributed by atoms with Crippen molar-refractivity contribution in [3.05, 3.63) is 34.9 Å². The van der Waals surface area contributed by atoms with E-state index in [1.807, 2.05) is 0 Å². The van der Waals surface area contributed by atoms with E-state index in [1.54, 1.807) is 29.2 Å². The SMILES string of the molecule is O=C(c1ccccc1Cl)N1CCC(N2C(=O)CSC2=O)CC1. The number of nitrogens with zero attached hydrogens (tertiary/aromatic N) is 2. The Labute approximate surface area is 137 Å². The van der Waals surface area contributed by atoms with Gasteiger partial charge in [-0.2, -0.15) is 0 Å². The number of halogens is 1. The number of hydrogen-bond acceptors (Lipinski definition) is 4. The molecule has 2 aliphatic heterocycles. The first-order chi connectivity index (χ1) is 10.6.